The van der Waals surface area contributed by atoms with Crippen molar-refractivity contribution in [2.75, 3.05) is 21.3 Å². The molecule has 0 N–H and O–H groups in total. The third-order valence-corrected chi connectivity index (χ3v) is 5.34. The number of hydrogen-bond acceptors (Lipinski definition) is 6. The van der Waals surface area contributed by atoms with Crippen LogP contribution in [0.15, 0.2) is 66.7 Å². The number of rotatable bonds is 4. The molecule has 2 heterocycles. The lowest BCUT2D eigenvalue weighted by molar-refractivity contribution is -0.143. The third kappa shape index (κ3) is 2.69. The van der Waals surface area contributed by atoms with Gasteiger partial charge in [-0.2, -0.15) is 0 Å². The molecule has 1 atom stereocenters. The number of hydrogen-bond donors (Lipinski definition) is 0. The van der Waals surface area contributed by atoms with Crippen molar-refractivity contribution in [1.29, 1.82) is 0 Å². The van der Waals surface area contributed by atoms with Crippen molar-refractivity contribution < 1.29 is 18.9 Å². The van der Waals surface area contributed by atoms with Crippen LogP contribution < -0.4 is 14.2 Å². The van der Waals surface area contributed by atoms with Crippen molar-refractivity contribution in [3.63, 3.8) is 0 Å². The summed E-state index contributed by atoms with van der Waals surface area (Å²) in [5.41, 5.74) is 4.52. The van der Waals surface area contributed by atoms with Crippen LogP contribution in [0.25, 0.3) is 22.3 Å². The summed E-state index contributed by atoms with van der Waals surface area (Å²) >= 11 is 0. The molecular weight excluding hydrogens is 380 g/mol. The molecule has 1 aromatic heterocycles. The molecule has 30 heavy (non-hydrogen) atoms. The van der Waals surface area contributed by atoms with Crippen LogP contribution in [0.5, 0.6) is 17.2 Å². The third-order valence-electron chi connectivity index (χ3n) is 5.34. The smallest absolute Gasteiger partial charge is 0.283 e. The van der Waals surface area contributed by atoms with Gasteiger partial charge in [-0.1, -0.05) is 12.1 Å². The van der Waals surface area contributed by atoms with Gasteiger partial charge >= 0.3 is 0 Å². The predicted molar refractivity (Wildman–Crippen MR) is 113 cm³/mol. The SMILES string of the molecule is COc1ccc([C@@]2(OC)Oc3cc(OC)ccc3-c3nc4ccccc4nc32)cc1. The van der Waals surface area contributed by atoms with Crippen LogP contribution in [0.3, 0.4) is 0 Å². The Hall–Kier alpha value is -3.64. The molecule has 0 fully saturated rings. The van der Waals surface area contributed by atoms with Gasteiger partial charge in [0.1, 0.15) is 28.6 Å². The Balaban J connectivity index is 1.82. The second-order valence-corrected chi connectivity index (χ2v) is 6.92. The van der Waals surface area contributed by atoms with E-state index in [0.717, 1.165) is 33.6 Å². The van der Waals surface area contributed by atoms with E-state index in [0.29, 0.717) is 17.2 Å². The fourth-order valence-corrected chi connectivity index (χ4v) is 3.79. The lowest BCUT2D eigenvalue weighted by Gasteiger charge is -2.37. The van der Waals surface area contributed by atoms with Crippen LogP contribution in [0, 0.1) is 0 Å². The summed E-state index contributed by atoms with van der Waals surface area (Å²) in [6.45, 7) is 0. The van der Waals surface area contributed by atoms with E-state index in [1.54, 1.807) is 21.3 Å². The molecule has 150 valence electrons. The average molecular weight is 400 g/mol. The number of benzene rings is 3. The highest BCUT2D eigenvalue weighted by Gasteiger charge is 2.46. The summed E-state index contributed by atoms with van der Waals surface area (Å²) in [5, 5.41) is 0. The molecule has 5 rings (SSSR count). The van der Waals surface area contributed by atoms with E-state index in [9.17, 15) is 0 Å². The van der Waals surface area contributed by atoms with Crippen molar-refractivity contribution >= 4 is 11.0 Å². The summed E-state index contributed by atoms with van der Waals surface area (Å²) in [5.74, 6) is 0.778. The molecule has 0 unspecified atom stereocenters. The second-order valence-electron chi connectivity index (χ2n) is 6.92. The summed E-state index contributed by atoms with van der Waals surface area (Å²) in [6, 6.07) is 21.0. The number of fused-ring (bicyclic) bond motifs is 4. The van der Waals surface area contributed by atoms with Crippen LogP contribution in [0.2, 0.25) is 0 Å². The highest BCUT2D eigenvalue weighted by molar-refractivity contribution is 5.82. The molecular formula is C24H20N2O4. The van der Waals surface area contributed by atoms with Gasteiger partial charge in [0.15, 0.2) is 0 Å². The molecule has 0 spiro atoms. The van der Waals surface area contributed by atoms with Gasteiger partial charge in [-0.25, -0.2) is 9.97 Å². The van der Waals surface area contributed by atoms with Crippen molar-refractivity contribution in [2.45, 2.75) is 5.79 Å². The second kappa shape index (κ2) is 7.00. The minimum atomic E-state index is -1.27. The van der Waals surface area contributed by atoms with Gasteiger partial charge in [-0.3, -0.25) is 0 Å². The molecule has 1 aliphatic rings. The maximum atomic E-state index is 6.50. The maximum absolute atomic E-state index is 6.50. The van der Waals surface area contributed by atoms with Gasteiger partial charge < -0.3 is 18.9 Å². The number of nitrogens with zero attached hydrogens (tertiary/aromatic N) is 2. The van der Waals surface area contributed by atoms with Gasteiger partial charge in [0.2, 0.25) is 0 Å². The molecule has 0 radical (unpaired) electrons. The summed E-state index contributed by atoms with van der Waals surface area (Å²) < 4.78 is 23.3. The van der Waals surface area contributed by atoms with Crippen molar-refractivity contribution in [3.05, 3.63) is 78.0 Å². The first kappa shape index (κ1) is 18.4. The van der Waals surface area contributed by atoms with E-state index in [1.807, 2.05) is 66.7 Å². The molecule has 4 aromatic rings. The van der Waals surface area contributed by atoms with Crippen LogP contribution >= 0.6 is 0 Å². The normalized spacial score (nSPS) is 17.0. The maximum Gasteiger partial charge on any atom is 0.283 e. The Kier molecular flexibility index (Phi) is 4.29. The van der Waals surface area contributed by atoms with Crippen LogP contribution in [-0.4, -0.2) is 31.3 Å². The number of aromatic nitrogens is 2. The Morgan fingerprint density at radius 1 is 0.767 bits per heavy atom. The summed E-state index contributed by atoms with van der Waals surface area (Å²) in [4.78, 5) is 9.85. The van der Waals surface area contributed by atoms with Crippen molar-refractivity contribution in [1.82, 2.24) is 9.97 Å². The Labute approximate surface area is 174 Å². The van der Waals surface area contributed by atoms with Gasteiger partial charge in [-0.15, -0.1) is 0 Å². The van der Waals surface area contributed by atoms with Gasteiger partial charge in [-0.05, 0) is 48.5 Å². The molecule has 3 aromatic carbocycles. The Morgan fingerprint density at radius 3 is 2.10 bits per heavy atom. The largest absolute Gasteiger partial charge is 0.497 e. The Bertz CT molecular complexity index is 1240. The monoisotopic (exact) mass is 400 g/mol. The molecule has 0 bridgehead atoms. The topological polar surface area (TPSA) is 62.7 Å². The first-order chi connectivity index (χ1) is 14.7. The van der Waals surface area contributed by atoms with Crippen molar-refractivity contribution in [2.24, 2.45) is 0 Å². The fourth-order valence-electron chi connectivity index (χ4n) is 3.79. The van der Waals surface area contributed by atoms with E-state index < -0.39 is 5.79 Å². The molecule has 6 heteroatoms. The lowest BCUT2D eigenvalue weighted by Crippen LogP contribution is -2.40. The highest BCUT2D eigenvalue weighted by atomic mass is 16.7. The minimum Gasteiger partial charge on any atom is -0.497 e. The van der Waals surface area contributed by atoms with E-state index >= 15 is 0 Å². The average Bonchev–Trinajstić information content (AvgIpc) is 2.82. The first-order valence-electron chi connectivity index (χ1n) is 9.53. The van der Waals surface area contributed by atoms with E-state index in [2.05, 4.69) is 0 Å². The highest BCUT2D eigenvalue weighted by Crippen LogP contribution is 2.48. The number of para-hydroxylation sites is 2. The standard InChI is InChI=1S/C24H20N2O4/c1-27-16-10-8-15(9-11-16)24(29-3)23-22(25-19-6-4-5-7-20(19)26-23)18-13-12-17(28-2)14-21(18)30-24/h4-14H,1-3H3/t24-/m1/s1. The van der Waals surface area contributed by atoms with E-state index in [1.165, 1.54) is 0 Å². The van der Waals surface area contributed by atoms with Crippen LogP contribution in [-0.2, 0) is 10.5 Å². The molecule has 0 saturated carbocycles. The molecule has 0 aliphatic carbocycles. The van der Waals surface area contributed by atoms with E-state index in [-0.39, 0.29) is 0 Å². The summed E-state index contributed by atoms with van der Waals surface area (Å²) in [6.07, 6.45) is 0. The molecule has 0 saturated heterocycles. The Morgan fingerprint density at radius 2 is 1.43 bits per heavy atom. The van der Waals surface area contributed by atoms with Gasteiger partial charge in [0.05, 0.1) is 25.3 Å². The lowest BCUT2D eigenvalue weighted by atomic mass is 9.93. The van der Waals surface area contributed by atoms with Crippen LogP contribution in [0.1, 0.15) is 11.3 Å². The zero-order valence-corrected chi connectivity index (χ0v) is 16.9. The minimum absolute atomic E-state index is 0.603. The van der Waals surface area contributed by atoms with Gasteiger partial charge in [0, 0.05) is 24.3 Å². The first-order valence-corrected chi connectivity index (χ1v) is 9.53. The zero-order chi connectivity index (χ0) is 20.7. The summed E-state index contributed by atoms with van der Waals surface area (Å²) in [7, 11) is 4.86. The predicted octanol–water partition coefficient (Wildman–Crippen LogP) is 4.55. The van der Waals surface area contributed by atoms with Gasteiger partial charge in [0.25, 0.3) is 5.79 Å². The quantitative estimate of drug-likeness (QED) is 0.501. The number of methoxy groups -OCH3 is 3. The molecule has 0 amide bonds. The fraction of sp³-hybridized carbons (Fsp3) is 0.167. The zero-order valence-electron chi connectivity index (χ0n) is 16.9. The molecule has 1 aliphatic heterocycles. The number of ether oxygens (including phenoxy) is 4. The van der Waals surface area contributed by atoms with E-state index in [4.69, 9.17) is 28.9 Å². The van der Waals surface area contributed by atoms with Crippen LogP contribution in [0.4, 0.5) is 0 Å². The molecule has 6 nitrogen and oxygen atoms in total. The van der Waals surface area contributed by atoms with Crippen molar-refractivity contribution in [3.8, 4) is 28.5 Å².